The fraction of sp³-hybridized carbons (Fsp3) is 0.444. The van der Waals surface area contributed by atoms with Crippen molar-refractivity contribution in [3.05, 3.63) is 42.0 Å². The number of benzene rings is 1. The molecular formula is C18H28ClN5O3. The summed E-state index contributed by atoms with van der Waals surface area (Å²) in [5.41, 5.74) is 3.16. The molecule has 0 amide bonds. The predicted molar refractivity (Wildman–Crippen MR) is 107 cm³/mol. The minimum atomic E-state index is -0.635. The van der Waals surface area contributed by atoms with E-state index in [9.17, 15) is 5.11 Å². The van der Waals surface area contributed by atoms with Crippen molar-refractivity contribution in [3.8, 4) is 11.6 Å². The van der Waals surface area contributed by atoms with Crippen LogP contribution in [0.3, 0.4) is 0 Å². The summed E-state index contributed by atoms with van der Waals surface area (Å²) in [6.45, 7) is 6.91. The number of aliphatic hydroxyl groups excluding tert-OH is 1. The van der Waals surface area contributed by atoms with Gasteiger partial charge in [0.1, 0.15) is 25.1 Å². The van der Waals surface area contributed by atoms with Gasteiger partial charge in [-0.2, -0.15) is 0 Å². The monoisotopic (exact) mass is 397 g/mol. The van der Waals surface area contributed by atoms with Crippen LogP contribution in [-0.2, 0) is 0 Å². The molecule has 5 N–H and O–H groups in total. The van der Waals surface area contributed by atoms with E-state index in [1.165, 1.54) is 0 Å². The van der Waals surface area contributed by atoms with Gasteiger partial charge in [-0.05, 0) is 44.5 Å². The first kappa shape index (κ1) is 22.9. The third-order valence-electron chi connectivity index (χ3n) is 3.62. The van der Waals surface area contributed by atoms with E-state index < -0.39 is 6.10 Å². The Morgan fingerprint density at radius 2 is 1.96 bits per heavy atom. The van der Waals surface area contributed by atoms with E-state index in [1.807, 2.05) is 45.0 Å². The highest BCUT2D eigenvalue weighted by atomic mass is 35.5. The SMILES string of the molecule is Cc1cccc(OCC(O)CNC(C)(C)COc2ccc(NN)nn2)c1.Cl. The summed E-state index contributed by atoms with van der Waals surface area (Å²) in [6, 6.07) is 11.1. The lowest BCUT2D eigenvalue weighted by Gasteiger charge is -2.27. The Hall–Kier alpha value is -2.13. The van der Waals surface area contributed by atoms with Crippen molar-refractivity contribution >= 4 is 18.2 Å². The first-order chi connectivity index (χ1) is 12.4. The minimum absolute atomic E-state index is 0. The number of hydrogen-bond acceptors (Lipinski definition) is 8. The number of halogens is 1. The van der Waals surface area contributed by atoms with E-state index in [2.05, 4.69) is 20.9 Å². The topological polar surface area (TPSA) is 115 Å². The Balaban J connectivity index is 0.00000364. The molecular weight excluding hydrogens is 370 g/mol. The van der Waals surface area contributed by atoms with Gasteiger partial charge in [-0.3, -0.25) is 0 Å². The van der Waals surface area contributed by atoms with Crippen molar-refractivity contribution in [1.82, 2.24) is 15.5 Å². The molecule has 0 aliphatic rings. The molecule has 1 atom stereocenters. The van der Waals surface area contributed by atoms with E-state index in [-0.39, 0.29) is 24.6 Å². The van der Waals surface area contributed by atoms with Crippen molar-refractivity contribution < 1.29 is 14.6 Å². The quantitative estimate of drug-likeness (QED) is 0.353. The third kappa shape index (κ3) is 8.40. The molecule has 1 aromatic heterocycles. The van der Waals surface area contributed by atoms with Gasteiger partial charge in [-0.25, -0.2) is 5.84 Å². The largest absolute Gasteiger partial charge is 0.491 e. The van der Waals surface area contributed by atoms with Gasteiger partial charge in [0.15, 0.2) is 5.82 Å². The summed E-state index contributed by atoms with van der Waals surface area (Å²) in [4.78, 5) is 0. The second-order valence-corrected chi connectivity index (χ2v) is 6.74. The molecule has 27 heavy (non-hydrogen) atoms. The zero-order valence-electron chi connectivity index (χ0n) is 15.8. The van der Waals surface area contributed by atoms with Crippen LogP contribution in [0.15, 0.2) is 36.4 Å². The van der Waals surface area contributed by atoms with Crippen LogP contribution in [0.1, 0.15) is 19.4 Å². The van der Waals surface area contributed by atoms with E-state index >= 15 is 0 Å². The van der Waals surface area contributed by atoms with Gasteiger partial charge in [0.25, 0.3) is 0 Å². The average Bonchev–Trinajstić information content (AvgIpc) is 2.64. The highest BCUT2D eigenvalue weighted by Gasteiger charge is 2.20. The number of aliphatic hydroxyl groups is 1. The maximum absolute atomic E-state index is 10.1. The highest BCUT2D eigenvalue weighted by molar-refractivity contribution is 5.85. The molecule has 0 fully saturated rings. The maximum Gasteiger partial charge on any atom is 0.233 e. The van der Waals surface area contributed by atoms with E-state index in [1.54, 1.807) is 12.1 Å². The standard InChI is InChI=1S/C18H27N5O3.ClH/c1-13-5-4-6-15(9-13)25-11-14(24)10-20-18(2,3)12-26-17-8-7-16(21-19)22-23-17;/h4-9,14,20,24H,10-12,19H2,1-3H3,(H,21,22);1H. The molecule has 150 valence electrons. The molecule has 1 heterocycles. The molecule has 9 heteroatoms. The second-order valence-electron chi connectivity index (χ2n) is 6.74. The van der Waals surface area contributed by atoms with Crippen molar-refractivity contribution in [3.63, 3.8) is 0 Å². The lowest BCUT2D eigenvalue weighted by molar-refractivity contribution is 0.0922. The van der Waals surface area contributed by atoms with Crippen LogP contribution in [0.25, 0.3) is 0 Å². The molecule has 0 bridgehead atoms. The van der Waals surface area contributed by atoms with Gasteiger partial charge in [-0.1, -0.05) is 12.1 Å². The summed E-state index contributed by atoms with van der Waals surface area (Å²) >= 11 is 0. The van der Waals surface area contributed by atoms with Crippen LogP contribution in [0.2, 0.25) is 0 Å². The van der Waals surface area contributed by atoms with Gasteiger partial charge in [0.05, 0.1) is 0 Å². The lowest BCUT2D eigenvalue weighted by atomic mass is 10.1. The molecule has 0 aliphatic carbocycles. The second kappa shape index (κ2) is 10.9. The van der Waals surface area contributed by atoms with E-state index in [0.717, 1.165) is 11.3 Å². The Bertz CT molecular complexity index is 685. The summed E-state index contributed by atoms with van der Waals surface area (Å²) in [5, 5.41) is 21.1. The number of nitrogens with one attached hydrogen (secondary N) is 2. The summed E-state index contributed by atoms with van der Waals surface area (Å²) in [5.74, 6) is 6.86. The number of ether oxygens (including phenoxy) is 2. The molecule has 0 aliphatic heterocycles. The Morgan fingerprint density at radius 3 is 2.59 bits per heavy atom. The molecule has 1 aromatic carbocycles. The molecule has 0 saturated heterocycles. The molecule has 8 nitrogen and oxygen atoms in total. The zero-order chi connectivity index (χ0) is 19.0. The van der Waals surface area contributed by atoms with Crippen LogP contribution >= 0.6 is 12.4 Å². The fourth-order valence-corrected chi connectivity index (χ4v) is 2.13. The number of hydrazine groups is 1. The van der Waals surface area contributed by atoms with Gasteiger partial charge in [0.2, 0.25) is 5.88 Å². The predicted octanol–water partition coefficient (Wildman–Crippen LogP) is 1.68. The number of aryl methyl sites for hydroxylation is 1. The number of nitrogens with zero attached hydrogens (tertiary/aromatic N) is 2. The first-order valence-electron chi connectivity index (χ1n) is 8.44. The van der Waals surface area contributed by atoms with Crippen molar-refractivity contribution in [2.24, 2.45) is 5.84 Å². The van der Waals surface area contributed by atoms with Gasteiger partial charge in [0, 0.05) is 18.2 Å². The number of aromatic nitrogens is 2. The summed E-state index contributed by atoms with van der Waals surface area (Å²) in [7, 11) is 0. The fourth-order valence-electron chi connectivity index (χ4n) is 2.13. The number of β-amino-alcohol motifs (C(OH)–C–C–N with tert-alkyl or cyclic N) is 1. The number of nitrogen functional groups attached to an aromatic ring is 1. The number of hydrogen-bond donors (Lipinski definition) is 4. The Labute approximate surface area is 165 Å². The van der Waals surface area contributed by atoms with Crippen LogP contribution in [0.5, 0.6) is 11.6 Å². The zero-order valence-corrected chi connectivity index (χ0v) is 16.6. The molecule has 0 spiro atoms. The molecule has 2 rings (SSSR count). The summed E-state index contributed by atoms with van der Waals surface area (Å²) in [6.07, 6.45) is -0.635. The number of rotatable bonds is 10. The van der Waals surface area contributed by atoms with Crippen LogP contribution < -0.4 is 26.1 Å². The molecule has 2 aromatic rings. The normalized spacial score (nSPS) is 12.0. The van der Waals surface area contributed by atoms with Gasteiger partial charge < -0.3 is 25.3 Å². The first-order valence-corrected chi connectivity index (χ1v) is 8.44. The van der Waals surface area contributed by atoms with Gasteiger partial charge >= 0.3 is 0 Å². The molecule has 1 unspecified atom stereocenters. The minimum Gasteiger partial charge on any atom is -0.491 e. The molecule has 0 saturated carbocycles. The van der Waals surface area contributed by atoms with Gasteiger partial charge in [-0.15, -0.1) is 22.6 Å². The number of anilines is 1. The Morgan fingerprint density at radius 1 is 1.19 bits per heavy atom. The van der Waals surface area contributed by atoms with Crippen molar-refractivity contribution in [1.29, 1.82) is 0 Å². The number of nitrogens with two attached hydrogens (primary N) is 1. The maximum atomic E-state index is 10.1. The van der Waals surface area contributed by atoms with Crippen LogP contribution in [0.4, 0.5) is 5.82 Å². The smallest absolute Gasteiger partial charge is 0.233 e. The van der Waals surface area contributed by atoms with Crippen LogP contribution in [0, 0.1) is 6.92 Å². The molecule has 0 radical (unpaired) electrons. The summed E-state index contributed by atoms with van der Waals surface area (Å²) < 4.78 is 11.2. The lowest BCUT2D eigenvalue weighted by Crippen LogP contribution is -2.48. The van der Waals surface area contributed by atoms with Crippen molar-refractivity contribution in [2.45, 2.75) is 32.4 Å². The third-order valence-corrected chi connectivity index (χ3v) is 3.62. The van der Waals surface area contributed by atoms with Crippen LogP contribution in [-0.4, -0.2) is 46.7 Å². The van der Waals surface area contributed by atoms with Crippen molar-refractivity contribution in [2.75, 3.05) is 25.2 Å². The van der Waals surface area contributed by atoms with E-state index in [0.29, 0.717) is 24.8 Å². The Kier molecular flexibility index (Phi) is 9.23. The average molecular weight is 398 g/mol. The van der Waals surface area contributed by atoms with E-state index in [4.69, 9.17) is 15.3 Å². The highest BCUT2D eigenvalue weighted by Crippen LogP contribution is 2.13.